The second-order valence-corrected chi connectivity index (χ2v) is 6.03. The number of nitrogens with one attached hydrogen (secondary N) is 1. The molecule has 1 aromatic carbocycles. The number of rotatable bonds is 3. The Labute approximate surface area is 149 Å². The molecule has 5 rings (SSSR count). The minimum atomic E-state index is 0.651. The number of hydrogen-bond donors (Lipinski definition) is 1. The highest BCUT2D eigenvalue weighted by Crippen LogP contribution is 2.33. The number of nitrogens with zero attached hydrogens (tertiary/aromatic N) is 5. The number of aromatic nitrogens is 3. The van der Waals surface area contributed by atoms with E-state index in [1.54, 1.807) is 18.6 Å². The van der Waals surface area contributed by atoms with Crippen LogP contribution in [-0.4, -0.2) is 15.0 Å². The molecular weight excluding hydrogens is 324 g/mol. The van der Waals surface area contributed by atoms with Crippen molar-refractivity contribution in [2.75, 3.05) is 5.32 Å². The second kappa shape index (κ2) is 6.00. The molecule has 0 aliphatic carbocycles. The van der Waals surface area contributed by atoms with Crippen molar-refractivity contribution in [2.45, 2.75) is 6.54 Å². The van der Waals surface area contributed by atoms with E-state index < -0.39 is 0 Å². The summed E-state index contributed by atoms with van der Waals surface area (Å²) < 4.78 is 0. The molecule has 6 nitrogen and oxygen atoms in total. The van der Waals surface area contributed by atoms with Crippen LogP contribution in [0.1, 0.15) is 5.56 Å². The number of anilines is 2. The third-order valence-electron chi connectivity index (χ3n) is 4.34. The minimum absolute atomic E-state index is 0.651. The van der Waals surface area contributed by atoms with E-state index in [-0.39, 0.29) is 0 Å². The molecule has 4 aromatic rings. The third kappa shape index (κ3) is 2.57. The molecule has 4 heterocycles. The van der Waals surface area contributed by atoms with Crippen molar-refractivity contribution in [1.82, 2.24) is 15.0 Å². The molecular formula is C20H14N6. The summed E-state index contributed by atoms with van der Waals surface area (Å²) in [5.41, 5.74) is 5.70. The molecule has 0 saturated heterocycles. The Bertz CT molecular complexity index is 1140. The molecule has 6 heteroatoms. The lowest BCUT2D eigenvalue weighted by Gasteiger charge is -2.12. The molecule has 26 heavy (non-hydrogen) atoms. The highest BCUT2D eigenvalue weighted by molar-refractivity contribution is 5.93. The highest BCUT2D eigenvalue weighted by atomic mass is 15.1. The Hall–Kier alpha value is -3.67. The summed E-state index contributed by atoms with van der Waals surface area (Å²) in [5, 5.41) is 12.6. The molecule has 0 fully saturated rings. The average Bonchev–Trinajstić information content (AvgIpc) is 3.16. The minimum Gasteiger partial charge on any atom is -0.340 e. The first kappa shape index (κ1) is 14.7. The SMILES string of the molecule is c1cnc2cc(-c3ccncc3)nc(Nc3ccc4c(c3)N=NC4)c2c1. The van der Waals surface area contributed by atoms with Gasteiger partial charge in [-0.1, -0.05) is 6.07 Å². The lowest BCUT2D eigenvalue weighted by atomic mass is 10.1. The first-order chi connectivity index (χ1) is 12.9. The molecule has 0 bridgehead atoms. The van der Waals surface area contributed by atoms with E-state index in [4.69, 9.17) is 4.98 Å². The predicted octanol–water partition coefficient (Wildman–Crippen LogP) is 5.03. The van der Waals surface area contributed by atoms with Gasteiger partial charge >= 0.3 is 0 Å². The quantitative estimate of drug-likeness (QED) is 0.568. The maximum atomic E-state index is 4.83. The zero-order valence-corrected chi connectivity index (χ0v) is 13.8. The standard InChI is InChI=1S/C20H14N6/c1-2-16-19(22-7-1)11-17(13-5-8-21-9-6-13)25-20(16)24-15-4-3-14-12-23-26-18(14)10-15/h1-11H,12H2,(H,24,25). The monoisotopic (exact) mass is 338 g/mol. The number of pyridine rings is 3. The zero-order chi connectivity index (χ0) is 17.3. The van der Waals surface area contributed by atoms with Crippen LogP contribution in [0.2, 0.25) is 0 Å². The van der Waals surface area contributed by atoms with E-state index in [2.05, 4.69) is 25.5 Å². The summed E-state index contributed by atoms with van der Waals surface area (Å²) in [6.07, 6.45) is 5.31. The van der Waals surface area contributed by atoms with Crippen molar-refractivity contribution in [1.29, 1.82) is 0 Å². The lowest BCUT2D eigenvalue weighted by Crippen LogP contribution is -1.98. The van der Waals surface area contributed by atoms with Gasteiger partial charge in [-0.25, -0.2) is 4.98 Å². The lowest BCUT2D eigenvalue weighted by molar-refractivity contribution is 1.04. The third-order valence-corrected chi connectivity index (χ3v) is 4.34. The Kier molecular flexibility index (Phi) is 3.38. The molecule has 1 aliphatic heterocycles. The molecule has 1 aliphatic rings. The van der Waals surface area contributed by atoms with Gasteiger partial charge in [-0.3, -0.25) is 9.97 Å². The van der Waals surface area contributed by atoms with E-state index in [9.17, 15) is 0 Å². The topological polar surface area (TPSA) is 75.4 Å². The molecule has 0 spiro atoms. The molecule has 0 saturated carbocycles. The molecule has 1 N–H and O–H groups in total. The smallest absolute Gasteiger partial charge is 0.140 e. The summed E-state index contributed by atoms with van der Waals surface area (Å²) >= 11 is 0. The highest BCUT2D eigenvalue weighted by Gasteiger charge is 2.12. The van der Waals surface area contributed by atoms with E-state index in [1.807, 2.05) is 48.5 Å². The molecule has 3 aromatic heterocycles. The van der Waals surface area contributed by atoms with E-state index in [0.717, 1.165) is 44.9 Å². The normalized spacial score (nSPS) is 12.3. The van der Waals surface area contributed by atoms with Gasteiger partial charge in [0.1, 0.15) is 5.82 Å². The van der Waals surface area contributed by atoms with Gasteiger partial charge in [-0.15, -0.1) is 0 Å². The van der Waals surface area contributed by atoms with Crippen LogP contribution in [0.3, 0.4) is 0 Å². The summed E-state index contributed by atoms with van der Waals surface area (Å²) in [4.78, 5) is 13.4. The fourth-order valence-corrected chi connectivity index (χ4v) is 3.03. The van der Waals surface area contributed by atoms with Gasteiger partial charge in [0.15, 0.2) is 0 Å². The average molecular weight is 338 g/mol. The van der Waals surface area contributed by atoms with E-state index >= 15 is 0 Å². The Morgan fingerprint density at radius 1 is 0.923 bits per heavy atom. The number of azo groups is 1. The van der Waals surface area contributed by atoms with Gasteiger partial charge in [0.05, 0.1) is 23.4 Å². The van der Waals surface area contributed by atoms with Crippen LogP contribution >= 0.6 is 0 Å². The predicted molar refractivity (Wildman–Crippen MR) is 101 cm³/mol. The van der Waals surface area contributed by atoms with Crippen molar-refractivity contribution < 1.29 is 0 Å². The van der Waals surface area contributed by atoms with Gasteiger partial charge in [-0.2, -0.15) is 10.2 Å². The second-order valence-electron chi connectivity index (χ2n) is 6.03. The summed E-state index contributed by atoms with van der Waals surface area (Å²) in [6, 6.07) is 15.9. The fourth-order valence-electron chi connectivity index (χ4n) is 3.03. The van der Waals surface area contributed by atoms with E-state index in [1.165, 1.54) is 0 Å². The molecule has 0 unspecified atom stereocenters. The summed E-state index contributed by atoms with van der Waals surface area (Å²) in [5.74, 6) is 0.761. The first-order valence-corrected chi connectivity index (χ1v) is 8.30. The molecule has 0 radical (unpaired) electrons. The van der Waals surface area contributed by atoms with Crippen LogP contribution in [0.25, 0.3) is 22.2 Å². The van der Waals surface area contributed by atoms with Crippen molar-refractivity contribution >= 4 is 28.1 Å². The van der Waals surface area contributed by atoms with Crippen LogP contribution in [0.5, 0.6) is 0 Å². The van der Waals surface area contributed by atoms with Crippen LogP contribution in [-0.2, 0) is 6.54 Å². The molecule has 0 amide bonds. The summed E-state index contributed by atoms with van der Waals surface area (Å²) in [7, 11) is 0. The van der Waals surface area contributed by atoms with Crippen LogP contribution in [0.4, 0.5) is 17.2 Å². The van der Waals surface area contributed by atoms with Crippen molar-refractivity contribution in [3.8, 4) is 11.3 Å². The summed E-state index contributed by atoms with van der Waals surface area (Å²) in [6.45, 7) is 0.651. The maximum Gasteiger partial charge on any atom is 0.140 e. The molecule has 124 valence electrons. The van der Waals surface area contributed by atoms with Crippen molar-refractivity contribution in [3.05, 3.63) is 72.7 Å². The van der Waals surface area contributed by atoms with Crippen molar-refractivity contribution in [3.63, 3.8) is 0 Å². The number of hydrogen-bond acceptors (Lipinski definition) is 6. The Balaban J connectivity index is 1.63. The fraction of sp³-hybridized carbons (Fsp3) is 0.0500. The van der Waals surface area contributed by atoms with Gasteiger partial charge in [0, 0.05) is 40.8 Å². The van der Waals surface area contributed by atoms with E-state index in [0.29, 0.717) is 6.54 Å². The van der Waals surface area contributed by atoms with Gasteiger partial charge < -0.3 is 5.32 Å². The van der Waals surface area contributed by atoms with Crippen LogP contribution < -0.4 is 5.32 Å². The number of benzene rings is 1. The van der Waals surface area contributed by atoms with Gasteiger partial charge in [0.2, 0.25) is 0 Å². The Morgan fingerprint density at radius 2 is 1.85 bits per heavy atom. The van der Waals surface area contributed by atoms with Crippen LogP contribution in [0.15, 0.2) is 77.3 Å². The first-order valence-electron chi connectivity index (χ1n) is 8.30. The maximum absolute atomic E-state index is 4.83. The van der Waals surface area contributed by atoms with Gasteiger partial charge in [0.25, 0.3) is 0 Å². The molecule has 0 atom stereocenters. The zero-order valence-electron chi connectivity index (χ0n) is 13.8. The van der Waals surface area contributed by atoms with Crippen LogP contribution in [0, 0.1) is 0 Å². The largest absolute Gasteiger partial charge is 0.340 e. The number of fused-ring (bicyclic) bond motifs is 2. The Morgan fingerprint density at radius 3 is 2.77 bits per heavy atom. The van der Waals surface area contributed by atoms with Gasteiger partial charge in [-0.05, 0) is 42.5 Å². The van der Waals surface area contributed by atoms with Crippen molar-refractivity contribution in [2.24, 2.45) is 10.2 Å².